The molecule has 0 radical (unpaired) electrons. The second-order valence-corrected chi connectivity index (χ2v) is 7.43. The zero-order valence-electron chi connectivity index (χ0n) is 17.5. The summed E-state index contributed by atoms with van der Waals surface area (Å²) in [5, 5.41) is 3.69. The van der Waals surface area contributed by atoms with Gasteiger partial charge in [-0.15, -0.1) is 0 Å². The average molecular weight is 401 g/mol. The van der Waals surface area contributed by atoms with Gasteiger partial charge in [0.2, 0.25) is 0 Å². The molecule has 3 N–H and O–H groups in total. The average Bonchev–Trinajstić information content (AvgIpc) is 2.79. The van der Waals surface area contributed by atoms with Crippen LogP contribution in [0.25, 0.3) is 0 Å². The summed E-state index contributed by atoms with van der Waals surface area (Å²) in [5.74, 6) is 2.57. The van der Waals surface area contributed by atoms with E-state index in [1.165, 1.54) is 0 Å². The molecule has 0 spiro atoms. The van der Waals surface area contributed by atoms with Gasteiger partial charge < -0.3 is 15.5 Å². The minimum Gasteiger partial charge on any atom is -0.457 e. The predicted molar refractivity (Wildman–Crippen MR) is 123 cm³/mol. The highest BCUT2D eigenvalue weighted by Crippen LogP contribution is 2.35. The first kappa shape index (κ1) is 20.0. The van der Waals surface area contributed by atoms with Crippen molar-refractivity contribution in [1.82, 2.24) is 10.9 Å². The fourth-order valence-electron chi connectivity index (χ4n) is 3.70. The number of ether oxygens (including phenoxy) is 1. The molecule has 1 aliphatic heterocycles. The summed E-state index contributed by atoms with van der Waals surface area (Å²) in [6.07, 6.45) is 1.87. The standard InChI is InChI=1S/C25H28N4O/c1-3-25(4-2)24(27-22-15-8-9-16-23(22)28-25)29-26-18-19-11-10-14-21(17-19)30-20-12-6-5-7-13-20/h5-17,26,28H,3-4,18H2,1-2H3,(H,27,29). The van der Waals surface area contributed by atoms with Crippen molar-refractivity contribution in [2.24, 2.45) is 4.99 Å². The van der Waals surface area contributed by atoms with E-state index >= 15 is 0 Å². The van der Waals surface area contributed by atoms with E-state index in [0.717, 1.165) is 47.1 Å². The minimum atomic E-state index is -0.209. The highest BCUT2D eigenvalue weighted by molar-refractivity contribution is 5.99. The normalized spacial score (nSPS) is 14.3. The Balaban J connectivity index is 1.44. The SMILES string of the molecule is CCC1(CC)Nc2ccccc2N=C1NNCc1cccc(Oc2ccccc2)c1. The molecule has 0 saturated heterocycles. The van der Waals surface area contributed by atoms with Crippen LogP contribution in [0, 0.1) is 0 Å². The third-order valence-electron chi connectivity index (χ3n) is 5.55. The van der Waals surface area contributed by atoms with Gasteiger partial charge >= 0.3 is 0 Å². The van der Waals surface area contributed by atoms with Crippen LogP contribution in [0.15, 0.2) is 83.9 Å². The van der Waals surface area contributed by atoms with Gasteiger partial charge in [0.1, 0.15) is 17.3 Å². The van der Waals surface area contributed by atoms with Crippen molar-refractivity contribution < 1.29 is 4.74 Å². The van der Waals surface area contributed by atoms with Crippen molar-refractivity contribution in [3.8, 4) is 11.5 Å². The number of hydrazine groups is 1. The Kier molecular flexibility index (Phi) is 6.00. The molecule has 0 amide bonds. The van der Waals surface area contributed by atoms with Gasteiger partial charge in [-0.1, -0.05) is 56.3 Å². The van der Waals surface area contributed by atoms with Gasteiger partial charge in [0.25, 0.3) is 0 Å². The summed E-state index contributed by atoms with van der Waals surface area (Å²) < 4.78 is 5.94. The maximum Gasteiger partial charge on any atom is 0.142 e. The number of anilines is 1. The summed E-state index contributed by atoms with van der Waals surface area (Å²) in [4.78, 5) is 4.90. The lowest BCUT2D eigenvalue weighted by atomic mass is 9.89. The molecule has 5 nitrogen and oxygen atoms in total. The fourth-order valence-corrected chi connectivity index (χ4v) is 3.70. The number of hydrogen-bond acceptors (Lipinski definition) is 5. The first-order valence-electron chi connectivity index (χ1n) is 10.5. The molecule has 1 heterocycles. The quantitative estimate of drug-likeness (QED) is 0.440. The summed E-state index contributed by atoms with van der Waals surface area (Å²) in [6.45, 7) is 5.02. The van der Waals surface area contributed by atoms with Crippen molar-refractivity contribution >= 4 is 17.2 Å². The number of nitrogens with one attached hydrogen (secondary N) is 3. The third-order valence-corrected chi connectivity index (χ3v) is 5.55. The van der Waals surface area contributed by atoms with E-state index in [9.17, 15) is 0 Å². The molecule has 0 unspecified atom stereocenters. The molecule has 4 rings (SSSR count). The zero-order valence-corrected chi connectivity index (χ0v) is 17.5. The Morgan fingerprint density at radius 2 is 1.60 bits per heavy atom. The van der Waals surface area contributed by atoms with E-state index in [0.29, 0.717) is 6.54 Å². The number of hydrogen-bond donors (Lipinski definition) is 3. The lowest BCUT2D eigenvalue weighted by molar-refractivity contribution is 0.481. The van der Waals surface area contributed by atoms with Crippen LogP contribution in [0.1, 0.15) is 32.3 Å². The smallest absolute Gasteiger partial charge is 0.142 e. The van der Waals surface area contributed by atoms with Crippen LogP contribution < -0.4 is 20.9 Å². The number of amidine groups is 1. The molecule has 0 bridgehead atoms. The molecule has 3 aromatic rings. The number of rotatable bonds is 7. The largest absolute Gasteiger partial charge is 0.457 e. The predicted octanol–water partition coefficient (Wildman–Crippen LogP) is 5.79. The maximum absolute atomic E-state index is 5.94. The molecule has 0 saturated carbocycles. The Labute approximate surface area is 178 Å². The van der Waals surface area contributed by atoms with Gasteiger partial charge in [0.05, 0.1) is 16.9 Å². The van der Waals surface area contributed by atoms with Crippen molar-refractivity contribution in [2.75, 3.05) is 5.32 Å². The second-order valence-electron chi connectivity index (χ2n) is 7.43. The summed E-state index contributed by atoms with van der Waals surface area (Å²) in [5.41, 5.74) is 9.66. The van der Waals surface area contributed by atoms with E-state index in [1.54, 1.807) is 0 Å². The number of benzene rings is 3. The topological polar surface area (TPSA) is 57.7 Å². The Bertz CT molecular complexity index is 1010. The monoisotopic (exact) mass is 400 g/mol. The van der Waals surface area contributed by atoms with Crippen molar-refractivity contribution in [3.05, 3.63) is 84.4 Å². The first-order valence-corrected chi connectivity index (χ1v) is 10.5. The number of aliphatic imine (C=N–C) groups is 1. The Hall–Kier alpha value is -3.31. The molecule has 3 aromatic carbocycles. The molecule has 0 atom stereocenters. The second kappa shape index (κ2) is 9.01. The summed E-state index contributed by atoms with van der Waals surface area (Å²) in [6, 6.07) is 26.1. The summed E-state index contributed by atoms with van der Waals surface area (Å²) >= 11 is 0. The number of nitrogens with zero attached hydrogens (tertiary/aromatic N) is 1. The van der Waals surface area contributed by atoms with Crippen molar-refractivity contribution in [1.29, 1.82) is 0 Å². The lowest BCUT2D eigenvalue weighted by Gasteiger charge is -2.39. The van der Waals surface area contributed by atoms with Crippen LogP contribution in [-0.2, 0) is 6.54 Å². The first-order chi connectivity index (χ1) is 14.7. The van der Waals surface area contributed by atoms with Crippen LogP contribution in [0.3, 0.4) is 0 Å². The minimum absolute atomic E-state index is 0.209. The Morgan fingerprint density at radius 1 is 0.867 bits per heavy atom. The van der Waals surface area contributed by atoms with E-state index < -0.39 is 0 Å². The van der Waals surface area contributed by atoms with E-state index in [4.69, 9.17) is 9.73 Å². The molecule has 0 fully saturated rings. The molecule has 0 aromatic heterocycles. The third kappa shape index (κ3) is 4.31. The summed E-state index contributed by atoms with van der Waals surface area (Å²) in [7, 11) is 0. The van der Waals surface area contributed by atoms with Crippen LogP contribution in [-0.4, -0.2) is 11.4 Å². The van der Waals surface area contributed by atoms with E-state index in [2.05, 4.69) is 42.1 Å². The van der Waals surface area contributed by atoms with Gasteiger partial charge in [-0.3, -0.25) is 0 Å². The molecule has 1 aliphatic rings. The molecule has 0 aliphatic carbocycles. The molecular formula is C25H28N4O. The van der Waals surface area contributed by atoms with Crippen LogP contribution in [0.4, 0.5) is 11.4 Å². The van der Waals surface area contributed by atoms with Crippen LogP contribution in [0.2, 0.25) is 0 Å². The van der Waals surface area contributed by atoms with Gasteiger partial charge in [-0.05, 0) is 54.8 Å². The van der Waals surface area contributed by atoms with Crippen LogP contribution in [0.5, 0.6) is 11.5 Å². The lowest BCUT2D eigenvalue weighted by Crippen LogP contribution is -2.56. The maximum atomic E-state index is 5.94. The van der Waals surface area contributed by atoms with Gasteiger partial charge in [-0.25, -0.2) is 10.4 Å². The molecule has 154 valence electrons. The number of fused-ring (bicyclic) bond motifs is 1. The fraction of sp³-hybridized carbons (Fsp3) is 0.240. The number of para-hydroxylation sites is 3. The zero-order chi connectivity index (χ0) is 20.8. The highest BCUT2D eigenvalue weighted by Gasteiger charge is 2.36. The molecule has 30 heavy (non-hydrogen) atoms. The van der Waals surface area contributed by atoms with Crippen molar-refractivity contribution in [3.63, 3.8) is 0 Å². The van der Waals surface area contributed by atoms with Gasteiger partial charge in [-0.2, -0.15) is 0 Å². The van der Waals surface area contributed by atoms with Gasteiger partial charge in [0.15, 0.2) is 0 Å². The molecule has 5 heteroatoms. The Morgan fingerprint density at radius 3 is 2.40 bits per heavy atom. The van der Waals surface area contributed by atoms with E-state index in [1.807, 2.05) is 66.7 Å². The van der Waals surface area contributed by atoms with E-state index in [-0.39, 0.29) is 5.54 Å². The van der Waals surface area contributed by atoms with Gasteiger partial charge in [0, 0.05) is 6.54 Å². The highest BCUT2D eigenvalue weighted by atomic mass is 16.5. The van der Waals surface area contributed by atoms with Crippen molar-refractivity contribution in [2.45, 2.75) is 38.8 Å². The molecular weight excluding hydrogens is 372 g/mol. The van der Waals surface area contributed by atoms with Crippen LogP contribution >= 0.6 is 0 Å².